The third-order valence-electron chi connectivity index (χ3n) is 4.10. The van der Waals surface area contributed by atoms with Crippen molar-refractivity contribution >= 4 is 11.9 Å². The molecule has 0 radical (unpaired) electrons. The Morgan fingerprint density at radius 3 is 2.88 bits per heavy atom. The molecule has 0 saturated carbocycles. The second-order valence-electron chi connectivity index (χ2n) is 6.57. The standard InChI is InChI=1S/C17H28N4O3/c1-17(2,14-7-4-3-5-8-14)20-18-10-6-12-24-13-21-11-9-15(22)19-16(21)23/h4,7-8,18,20H,3,5-6,9-13H2,1-2H3,(H,19,22,23). The molecule has 3 N–H and O–H groups in total. The Balaban J connectivity index is 1.54. The van der Waals surface area contributed by atoms with Crippen LogP contribution in [-0.4, -0.2) is 48.8 Å². The Morgan fingerprint density at radius 1 is 1.33 bits per heavy atom. The normalized spacial score (nSPS) is 18.6. The average Bonchev–Trinajstić information content (AvgIpc) is 2.56. The van der Waals surface area contributed by atoms with E-state index in [9.17, 15) is 9.59 Å². The van der Waals surface area contributed by atoms with E-state index >= 15 is 0 Å². The van der Waals surface area contributed by atoms with Crippen LogP contribution >= 0.6 is 0 Å². The van der Waals surface area contributed by atoms with Crippen molar-refractivity contribution in [3.8, 4) is 0 Å². The van der Waals surface area contributed by atoms with Gasteiger partial charge >= 0.3 is 6.03 Å². The Labute approximate surface area is 143 Å². The first-order valence-electron chi connectivity index (χ1n) is 8.53. The van der Waals surface area contributed by atoms with Crippen LogP contribution in [0.1, 0.15) is 39.5 Å². The largest absolute Gasteiger partial charge is 0.361 e. The zero-order valence-electron chi connectivity index (χ0n) is 14.6. The van der Waals surface area contributed by atoms with Crippen molar-refractivity contribution < 1.29 is 14.3 Å². The lowest BCUT2D eigenvalue weighted by Crippen LogP contribution is -2.50. The lowest BCUT2D eigenvalue weighted by Gasteiger charge is -2.29. The highest BCUT2D eigenvalue weighted by Gasteiger charge is 2.23. The van der Waals surface area contributed by atoms with Crippen molar-refractivity contribution in [1.29, 1.82) is 0 Å². The molecule has 24 heavy (non-hydrogen) atoms. The fourth-order valence-corrected chi connectivity index (χ4v) is 2.59. The number of hydrazine groups is 1. The molecule has 2 aliphatic rings. The SMILES string of the molecule is CC(C)(NNCCCOCN1CCC(=O)NC1=O)C1=CCCC=C1. The summed E-state index contributed by atoms with van der Waals surface area (Å²) in [6.45, 7) is 6.25. The van der Waals surface area contributed by atoms with Gasteiger partial charge in [0.2, 0.25) is 5.91 Å². The minimum Gasteiger partial charge on any atom is -0.361 e. The Morgan fingerprint density at radius 2 is 2.17 bits per heavy atom. The Kier molecular flexibility index (Phi) is 6.96. The van der Waals surface area contributed by atoms with Gasteiger partial charge in [-0.25, -0.2) is 10.2 Å². The third kappa shape index (κ3) is 5.74. The summed E-state index contributed by atoms with van der Waals surface area (Å²) in [5.41, 5.74) is 7.76. The van der Waals surface area contributed by atoms with E-state index in [-0.39, 0.29) is 24.2 Å². The van der Waals surface area contributed by atoms with Gasteiger partial charge in [-0.1, -0.05) is 18.2 Å². The first-order valence-corrected chi connectivity index (χ1v) is 8.53. The summed E-state index contributed by atoms with van der Waals surface area (Å²) < 4.78 is 5.49. The fraction of sp³-hybridized carbons (Fsp3) is 0.647. The molecular weight excluding hydrogens is 308 g/mol. The molecule has 0 atom stereocenters. The zero-order chi connectivity index (χ0) is 17.4. The third-order valence-corrected chi connectivity index (χ3v) is 4.10. The highest BCUT2D eigenvalue weighted by Crippen LogP contribution is 2.21. The van der Waals surface area contributed by atoms with Crippen LogP contribution in [0.4, 0.5) is 4.79 Å². The van der Waals surface area contributed by atoms with E-state index in [1.165, 1.54) is 10.5 Å². The van der Waals surface area contributed by atoms with Crippen molar-refractivity contribution in [2.45, 2.75) is 45.1 Å². The van der Waals surface area contributed by atoms with E-state index in [1.54, 1.807) is 0 Å². The Hall–Kier alpha value is -1.70. The Bertz CT molecular complexity index is 514. The topological polar surface area (TPSA) is 82.7 Å². The molecule has 1 aliphatic heterocycles. The van der Waals surface area contributed by atoms with E-state index in [0.29, 0.717) is 19.6 Å². The number of carbonyl (C=O) groups is 2. The lowest BCUT2D eigenvalue weighted by atomic mass is 9.90. The molecule has 1 aliphatic carbocycles. The highest BCUT2D eigenvalue weighted by atomic mass is 16.5. The lowest BCUT2D eigenvalue weighted by molar-refractivity contribution is -0.122. The zero-order valence-corrected chi connectivity index (χ0v) is 14.6. The number of amides is 3. The maximum absolute atomic E-state index is 11.5. The second-order valence-corrected chi connectivity index (χ2v) is 6.57. The van der Waals surface area contributed by atoms with E-state index in [1.807, 2.05) is 0 Å². The fourth-order valence-electron chi connectivity index (χ4n) is 2.59. The van der Waals surface area contributed by atoms with Crippen LogP contribution in [0.3, 0.4) is 0 Å². The number of allylic oxidation sites excluding steroid dienone is 2. The molecule has 2 rings (SSSR count). The molecule has 0 aromatic rings. The first kappa shape index (κ1) is 18.6. The molecule has 1 fully saturated rings. The molecule has 1 heterocycles. The van der Waals surface area contributed by atoms with Gasteiger partial charge in [0.25, 0.3) is 0 Å². The maximum atomic E-state index is 11.5. The monoisotopic (exact) mass is 336 g/mol. The summed E-state index contributed by atoms with van der Waals surface area (Å²) in [4.78, 5) is 24.1. The van der Waals surface area contributed by atoms with Crippen LogP contribution in [0, 0.1) is 0 Å². The highest BCUT2D eigenvalue weighted by molar-refractivity contribution is 5.96. The van der Waals surface area contributed by atoms with Crippen LogP contribution in [-0.2, 0) is 9.53 Å². The number of nitrogens with one attached hydrogen (secondary N) is 3. The molecule has 7 nitrogen and oxygen atoms in total. The van der Waals surface area contributed by atoms with Gasteiger partial charge in [0, 0.05) is 19.5 Å². The summed E-state index contributed by atoms with van der Waals surface area (Å²) in [5.74, 6) is -0.225. The molecule has 0 bridgehead atoms. The number of urea groups is 1. The maximum Gasteiger partial charge on any atom is 0.325 e. The molecule has 0 aromatic carbocycles. The molecule has 3 amide bonds. The summed E-state index contributed by atoms with van der Waals surface area (Å²) >= 11 is 0. The predicted molar refractivity (Wildman–Crippen MR) is 92.0 cm³/mol. The van der Waals surface area contributed by atoms with Crippen LogP contribution in [0.5, 0.6) is 0 Å². The molecule has 134 valence electrons. The summed E-state index contributed by atoms with van der Waals surface area (Å²) in [6.07, 6.45) is 10.0. The predicted octanol–water partition coefficient (Wildman–Crippen LogP) is 1.44. The van der Waals surface area contributed by atoms with Crippen LogP contribution in [0.15, 0.2) is 23.8 Å². The van der Waals surface area contributed by atoms with Crippen molar-refractivity contribution in [3.63, 3.8) is 0 Å². The summed E-state index contributed by atoms with van der Waals surface area (Å²) in [5, 5.41) is 2.27. The first-order chi connectivity index (χ1) is 11.5. The van der Waals surface area contributed by atoms with Crippen LogP contribution in [0.25, 0.3) is 0 Å². The van der Waals surface area contributed by atoms with Crippen molar-refractivity contribution in [2.75, 3.05) is 26.4 Å². The van der Waals surface area contributed by atoms with Crippen LogP contribution < -0.4 is 16.2 Å². The van der Waals surface area contributed by atoms with Gasteiger partial charge in [-0.05, 0) is 38.7 Å². The van der Waals surface area contributed by atoms with Gasteiger partial charge in [-0.15, -0.1) is 0 Å². The minimum atomic E-state index is -0.374. The van der Waals surface area contributed by atoms with Gasteiger partial charge in [0.05, 0.1) is 12.1 Å². The number of carbonyl (C=O) groups excluding carboxylic acids is 2. The number of rotatable bonds is 9. The van der Waals surface area contributed by atoms with Crippen molar-refractivity contribution in [1.82, 2.24) is 21.1 Å². The molecule has 0 unspecified atom stereocenters. The number of nitrogens with zero attached hydrogens (tertiary/aromatic N) is 1. The van der Waals surface area contributed by atoms with Gasteiger partial charge in [0.15, 0.2) is 0 Å². The second kappa shape index (κ2) is 8.96. The smallest absolute Gasteiger partial charge is 0.325 e. The van der Waals surface area contributed by atoms with Gasteiger partial charge in [-0.3, -0.25) is 15.5 Å². The van der Waals surface area contributed by atoms with E-state index < -0.39 is 0 Å². The number of imide groups is 1. The molecule has 1 saturated heterocycles. The molecule has 0 spiro atoms. The minimum absolute atomic E-state index is 0.115. The summed E-state index contributed by atoms with van der Waals surface area (Å²) in [7, 11) is 0. The molecular formula is C17H28N4O3. The van der Waals surface area contributed by atoms with Crippen LogP contribution in [0.2, 0.25) is 0 Å². The number of ether oxygens (including phenoxy) is 1. The van der Waals surface area contributed by atoms with Crippen molar-refractivity contribution in [2.24, 2.45) is 0 Å². The van der Waals surface area contributed by atoms with Gasteiger partial charge < -0.3 is 9.64 Å². The van der Waals surface area contributed by atoms with E-state index in [4.69, 9.17) is 4.74 Å². The average molecular weight is 336 g/mol. The van der Waals surface area contributed by atoms with E-state index in [2.05, 4.69) is 48.2 Å². The quantitative estimate of drug-likeness (QED) is 0.438. The summed E-state index contributed by atoms with van der Waals surface area (Å²) in [6, 6.07) is -0.374. The number of hydrogen-bond donors (Lipinski definition) is 3. The van der Waals surface area contributed by atoms with E-state index in [0.717, 1.165) is 25.8 Å². The van der Waals surface area contributed by atoms with Gasteiger partial charge in [0.1, 0.15) is 6.73 Å². The molecule has 7 heteroatoms. The number of hydrogen-bond acceptors (Lipinski definition) is 5. The van der Waals surface area contributed by atoms with Crippen molar-refractivity contribution in [3.05, 3.63) is 23.8 Å². The molecule has 0 aromatic heterocycles. The van der Waals surface area contributed by atoms with Gasteiger partial charge in [-0.2, -0.15) is 0 Å².